The fourth-order valence-corrected chi connectivity index (χ4v) is 4.14. The fourth-order valence-electron chi connectivity index (χ4n) is 2.24. The van der Waals surface area contributed by atoms with Gasteiger partial charge >= 0.3 is 0 Å². The predicted octanol–water partition coefficient (Wildman–Crippen LogP) is 0.926. The van der Waals surface area contributed by atoms with E-state index in [4.69, 9.17) is 4.74 Å². The molecule has 0 saturated carbocycles. The summed E-state index contributed by atoms with van der Waals surface area (Å²) in [6, 6.07) is 4.62. The molecule has 0 spiro atoms. The number of ether oxygens (including phenoxy) is 1. The number of benzene rings is 1. The molecule has 1 aromatic carbocycles. The van der Waals surface area contributed by atoms with Crippen molar-refractivity contribution < 1.29 is 22.7 Å². The summed E-state index contributed by atoms with van der Waals surface area (Å²) in [5.41, 5.74) is -1.10. The molecule has 1 saturated heterocycles. The van der Waals surface area contributed by atoms with Crippen molar-refractivity contribution >= 4 is 9.84 Å². The molecular weight excluding hydrogens is 259 g/mol. The summed E-state index contributed by atoms with van der Waals surface area (Å²) >= 11 is 0. The minimum Gasteiger partial charge on any atom is -0.494 e. The van der Waals surface area contributed by atoms with Gasteiger partial charge in [0.15, 0.2) is 21.4 Å². The lowest BCUT2D eigenvalue weighted by Crippen LogP contribution is -2.33. The maximum Gasteiger partial charge on any atom is 0.168 e. The van der Waals surface area contributed by atoms with E-state index in [1.54, 1.807) is 6.07 Å². The molecule has 1 unspecified atom stereocenters. The van der Waals surface area contributed by atoms with Gasteiger partial charge in [0, 0.05) is 6.42 Å². The molecule has 0 aromatic heterocycles. The lowest BCUT2D eigenvalue weighted by Gasteiger charge is -2.21. The first-order valence-corrected chi connectivity index (χ1v) is 7.42. The Morgan fingerprint density at radius 3 is 2.78 bits per heavy atom. The number of hydrogen-bond acceptors (Lipinski definition) is 4. The van der Waals surface area contributed by atoms with E-state index in [9.17, 15) is 17.9 Å². The van der Waals surface area contributed by atoms with Gasteiger partial charge in [-0.15, -0.1) is 0 Å². The number of methoxy groups -OCH3 is 1. The van der Waals surface area contributed by atoms with Crippen LogP contribution in [-0.2, 0) is 16.3 Å². The Morgan fingerprint density at radius 1 is 1.50 bits per heavy atom. The lowest BCUT2D eigenvalue weighted by atomic mass is 9.93. The van der Waals surface area contributed by atoms with E-state index in [1.165, 1.54) is 19.2 Å². The third-order valence-electron chi connectivity index (χ3n) is 3.15. The molecular formula is C12H15FO4S. The number of aliphatic hydroxyl groups is 1. The van der Waals surface area contributed by atoms with Crippen LogP contribution in [0.15, 0.2) is 18.2 Å². The van der Waals surface area contributed by atoms with Crippen LogP contribution in [0.4, 0.5) is 4.39 Å². The molecule has 1 fully saturated rings. The Bertz CT molecular complexity index is 555. The number of rotatable bonds is 3. The SMILES string of the molecule is COc1cccc(CC2(O)CCS(=O)(=O)C2)c1F. The highest BCUT2D eigenvalue weighted by Gasteiger charge is 2.41. The molecule has 0 aliphatic carbocycles. The molecule has 1 aromatic rings. The smallest absolute Gasteiger partial charge is 0.168 e. The van der Waals surface area contributed by atoms with Gasteiger partial charge in [0.1, 0.15) is 0 Å². The van der Waals surface area contributed by atoms with Gasteiger partial charge in [-0.05, 0) is 18.1 Å². The summed E-state index contributed by atoms with van der Waals surface area (Å²) in [4.78, 5) is 0. The summed E-state index contributed by atoms with van der Waals surface area (Å²) in [6.45, 7) is 0. The molecule has 1 heterocycles. The zero-order valence-electron chi connectivity index (χ0n) is 10.0. The number of hydrogen-bond donors (Lipinski definition) is 1. The Hall–Kier alpha value is -1.14. The molecule has 0 bridgehead atoms. The second kappa shape index (κ2) is 4.51. The highest BCUT2D eigenvalue weighted by atomic mass is 32.2. The van der Waals surface area contributed by atoms with Gasteiger partial charge in [-0.2, -0.15) is 0 Å². The van der Waals surface area contributed by atoms with E-state index >= 15 is 0 Å². The molecule has 4 nitrogen and oxygen atoms in total. The number of halogens is 1. The minimum atomic E-state index is -3.21. The van der Waals surface area contributed by atoms with Crippen LogP contribution in [0.2, 0.25) is 0 Å². The van der Waals surface area contributed by atoms with E-state index in [2.05, 4.69) is 0 Å². The molecule has 1 aliphatic rings. The summed E-state index contributed by atoms with van der Waals surface area (Å²) in [6.07, 6.45) is 0.126. The van der Waals surface area contributed by atoms with E-state index in [1.807, 2.05) is 0 Å². The highest BCUT2D eigenvalue weighted by molar-refractivity contribution is 7.91. The van der Waals surface area contributed by atoms with Crippen molar-refractivity contribution in [2.75, 3.05) is 18.6 Å². The fraction of sp³-hybridized carbons (Fsp3) is 0.500. The summed E-state index contributed by atoms with van der Waals surface area (Å²) in [5, 5.41) is 10.2. The van der Waals surface area contributed by atoms with Crippen molar-refractivity contribution in [1.29, 1.82) is 0 Å². The van der Waals surface area contributed by atoms with Crippen molar-refractivity contribution in [2.45, 2.75) is 18.4 Å². The first kappa shape index (κ1) is 13.3. The Balaban J connectivity index is 2.25. The van der Waals surface area contributed by atoms with E-state index < -0.39 is 21.3 Å². The monoisotopic (exact) mass is 274 g/mol. The molecule has 1 aliphatic heterocycles. The van der Waals surface area contributed by atoms with Crippen molar-refractivity contribution in [3.63, 3.8) is 0 Å². The van der Waals surface area contributed by atoms with Crippen LogP contribution in [-0.4, -0.2) is 37.7 Å². The van der Waals surface area contributed by atoms with Gasteiger partial charge in [-0.3, -0.25) is 0 Å². The second-order valence-electron chi connectivity index (χ2n) is 4.68. The van der Waals surface area contributed by atoms with Gasteiger partial charge < -0.3 is 9.84 Å². The Morgan fingerprint density at radius 2 is 2.22 bits per heavy atom. The molecule has 6 heteroatoms. The molecule has 0 radical (unpaired) electrons. The quantitative estimate of drug-likeness (QED) is 0.890. The standard InChI is InChI=1S/C12H15FO4S/c1-17-10-4-2-3-9(11(10)13)7-12(14)5-6-18(15,16)8-12/h2-4,14H,5-8H2,1H3. The topological polar surface area (TPSA) is 63.6 Å². The maximum absolute atomic E-state index is 13.9. The zero-order valence-corrected chi connectivity index (χ0v) is 10.8. The molecule has 100 valence electrons. The summed E-state index contributed by atoms with van der Waals surface area (Å²) in [7, 11) is -1.85. The van der Waals surface area contributed by atoms with Gasteiger partial charge in [0.25, 0.3) is 0 Å². The van der Waals surface area contributed by atoms with Gasteiger partial charge in [-0.25, -0.2) is 12.8 Å². The third-order valence-corrected chi connectivity index (χ3v) is 4.95. The lowest BCUT2D eigenvalue weighted by molar-refractivity contribution is 0.0671. The maximum atomic E-state index is 13.9. The Kier molecular flexibility index (Phi) is 3.33. The molecule has 18 heavy (non-hydrogen) atoms. The first-order chi connectivity index (χ1) is 8.35. The normalized spacial score (nSPS) is 26.2. The summed E-state index contributed by atoms with van der Waals surface area (Å²) < 4.78 is 41.5. The highest BCUT2D eigenvalue weighted by Crippen LogP contribution is 2.30. The minimum absolute atomic E-state index is 0.0186. The average molecular weight is 274 g/mol. The molecule has 0 amide bonds. The second-order valence-corrected chi connectivity index (χ2v) is 6.86. The Labute approximate surface area is 105 Å². The predicted molar refractivity (Wildman–Crippen MR) is 64.9 cm³/mol. The van der Waals surface area contributed by atoms with Crippen LogP contribution in [0.3, 0.4) is 0 Å². The molecule has 2 rings (SSSR count). The van der Waals surface area contributed by atoms with Crippen molar-refractivity contribution in [1.82, 2.24) is 0 Å². The summed E-state index contributed by atoms with van der Waals surface area (Å²) in [5.74, 6) is -0.805. The van der Waals surface area contributed by atoms with E-state index in [0.717, 1.165) is 0 Å². The first-order valence-electron chi connectivity index (χ1n) is 5.59. The van der Waals surface area contributed by atoms with Crippen LogP contribution < -0.4 is 4.74 Å². The van der Waals surface area contributed by atoms with Crippen LogP contribution in [0.5, 0.6) is 5.75 Å². The van der Waals surface area contributed by atoms with Crippen molar-refractivity contribution in [3.05, 3.63) is 29.6 Å². The number of sulfone groups is 1. The molecule has 1 atom stereocenters. The van der Waals surface area contributed by atoms with Crippen LogP contribution in [0.1, 0.15) is 12.0 Å². The van der Waals surface area contributed by atoms with E-state index in [0.29, 0.717) is 0 Å². The van der Waals surface area contributed by atoms with Crippen molar-refractivity contribution in [3.8, 4) is 5.75 Å². The van der Waals surface area contributed by atoms with Gasteiger partial charge in [0.2, 0.25) is 0 Å². The molecule has 1 N–H and O–H groups in total. The van der Waals surface area contributed by atoms with Crippen LogP contribution in [0.25, 0.3) is 0 Å². The van der Waals surface area contributed by atoms with E-state index in [-0.39, 0.29) is 35.7 Å². The average Bonchev–Trinajstić information content (AvgIpc) is 2.56. The van der Waals surface area contributed by atoms with Crippen molar-refractivity contribution in [2.24, 2.45) is 0 Å². The largest absolute Gasteiger partial charge is 0.494 e. The third kappa shape index (κ3) is 2.64. The van der Waals surface area contributed by atoms with Gasteiger partial charge in [-0.1, -0.05) is 12.1 Å². The zero-order chi connectivity index (χ0) is 13.4. The van der Waals surface area contributed by atoms with Crippen LogP contribution >= 0.6 is 0 Å². The van der Waals surface area contributed by atoms with Crippen LogP contribution in [0, 0.1) is 5.82 Å². The van der Waals surface area contributed by atoms with Gasteiger partial charge in [0.05, 0.1) is 24.2 Å².